The quantitative estimate of drug-likeness (QED) is 0.732. The van der Waals surface area contributed by atoms with Gasteiger partial charge in [0.2, 0.25) is 0 Å². The molecule has 1 atom stereocenters. The van der Waals surface area contributed by atoms with E-state index in [2.05, 4.69) is 6.92 Å². The predicted molar refractivity (Wildman–Crippen MR) is 65.1 cm³/mol. The van der Waals surface area contributed by atoms with Crippen LogP contribution in [0, 0.1) is 5.82 Å². The third-order valence-electron chi connectivity index (χ3n) is 2.66. The highest BCUT2D eigenvalue weighted by atomic mass is 35.5. The van der Waals surface area contributed by atoms with Crippen molar-refractivity contribution in [3.05, 3.63) is 34.6 Å². The summed E-state index contributed by atoms with van der Waals surface area (Å²) in [6.45, 7) is 2.15. The zero-order valence-corrected chi connectivity index (χ0v) is 10.3. The molecule has 0 radical (unpaired) electrons. The lowest BCUT2D eigenvalue weighted by atomic mass is 10.0. The molecule has 0 aliphatic carbocycles. The van der Waals surface area contributed by atoms with E-state index in [-0.39, 0.29) is 5.02 Å². The molecule has 0 aliphatic heterocycles. The Morgan fingerprint density at radius 1 is 1.31 bits per heavy atom. The summed E-state index contributed by atoms with van der Waals surface area (Å²) in [5.74, 6) is -0.441. The molecule has 1 rings (SSSR count). The SMILES string of the molecule is CCCCCCC(O)c1ccc(F)c(Cl)c1. The summed E-state index contributed by atoms with van der Waals surface area (Å²) in [5, 5.41) is 9.93. The van der Waals surface area contributed by atoms with Crippen LogP contribution in [0.3, 0.4) is 0 Å². The van der Waals surface area contributed by atoms with Crippen LogP contribution in [-0.2, 0) is 0 Å². The van der Waals surface area contributed by atoms with Crippen LogP contribution in [0.1, 0.15) is 50.7 Å². The second kappa shape index (κ2) is 6.87. The number of rotatable bonds is 6. The Morgan fingerprint density at radius 3 is 2.69 bits per heavy atom. The van der Waals surface area contributed by atoms with E-state index < -0.39 is 11.9 Å². The van der Waals surface area contributed by atoms with Gasteiger partial charge in [0.25, 0.3) is 0 Å². The summed E-state index contributed by atoms with van der Waals surface area (Å²) in [4.78, 5) is 0. The first-order chi connectivity index (χ1) is 7.65. The molecular weight excluding hydrogens is 227 g/mol. The van der Waals surface area contributed by atoms with E-state index >= 15 is 0 Å². The molecule has 0 bridgehead atoms. The average Bonchev–Trinajstić information content (AvgIpc) is 2.28. The number of aliphatic hydroxyl groups is 1. The average molecular weight is 245 g/mol. The molecule has 3 heteroatoms. The van der Waals surface area contributed by atoms with Crippen LogP contribution in [0.5, 0.6) is 0 Å². The first kappa shape index (κ1) is 13.5. The fourth-order valence-corrected chi connectivity index (χ4v) is 1.84. The highest BCUT2D eigenvalue weighted by Crippen LogP contribution is 2.24. The van der Waals surface area contributed by atoms with E-state index in [0.717, 1.165) is 12.8 Å². The fourth-order valence-electron chi connectivity index (χ4n) is 1.65. The Morgan fingerprint density at radius 2 is 2.06 bits per heavy atom. The first-order valence-electron chi connectivity index (χ1n) is 5.78. The van der Waals surface area contributed by atoms with E-state index in [4.69, 9.17) is 11.6 Å². The zero-order chi connectivity index (χ0) is 12.0. The molecule has 0 spiro atoms. The Balaban J connectivity index is 2.46. The van der Waals surface area contributed by atoms with E-state index in [1.54, 1.807) is 6.07 Å². The molecule has 90 valence electrons. The Kier molecular flexibility index (Phi) is 5.78. The van der Waals surface area contributed by atoms with E-state index in [1.807, 2.05) is 0 Å². The van der Waals surface area contributed by atoms with Crippen LogP contribution in [0.15, 0.2) is 18.2 Å². The fraction of sp³-hybridized carbons (Fsp3) is 0.538. The molecule has 0 saturated carbocycles. The van der Waals surface area contributed by atoms with Gasteiger partial charge >= 0.3 is 0 Å². The van der Waals surface area contributed by atoms with Gasteiger partial charge in [0, 0.05) is 0 Å². The number of unbranched alkanes of at least 4 members (excludes halogenated alkanes) is 3. The van der Waals surface area contributed by atoms with Crippen molar-refractivity contribution < 1.29 is 9.50 Å². The maximum Gasteiger partial charge on any atom is 0.141 e. The monoisotopic (exact) mass is 244 g/mol. The molecule has 0 saturated heterocycles. The van der Waals surface area contributed by atoms with Crippen molar-refractivity contribution in [3.63, 3.8) is 0 Å². The van der Waals surface area contributed by atoms with Crippen molar-refractivity contribution >= 4 is 11.6 Å². The van der Waals surface area contributed by atoms with Crippen LogP contribution in [-0.4, -0.2) is 5.11 Å². The summed E-state index contributed by atoms with van der Waals surface area (Å²) in [6, 6.07) is 4.39. The van der Waals surface area contributed by atoms with Gasteiger partial charge in [-0.15, -0.1) is 0 Å². The molecule has 1 aromatic carbocycles. The topological polar surface area (TPSA) is 20.2 Å². The summed E-state index contributed by atoms with van der Waals surface area (Å²) in [5.41, 5.74) is 0.697. The summed E-state index contributed by atoms with van der Waals surface area (Å²) < 4.78 is 12.9. The zero-order valence-electron chi connectivity index (χ0n) is 9.55. The van der Waals surface area contributed by atoms with Gasteiger partial charge < -0.3 is 5.11 Å². The summed E-state index contributed by atoms with van der Waals surface area (Å²) in [6.07, 6.45) is 4.67. The lowest BCUT2D eigenvalue weighted by Gasteiger charge is -2.11. The maximum atomic E-state index is 12.9. The van der Waals surface area contributed by atoms with Gasteiger partial charge in [-0.2, -0.15) is 0 Å². The van der Waals surface area contributed by atoms with Crippen molar-refractivity contribution in [2.75, 3.05) is 0 Å². The smallest absolute Gasteiger partial charge is 0.141 e. The van der Waals surface area contributed by atoms with Gasteiger partial charge in [0.1, 0.15) is 5.82 Å². The first-order valence-corrected chi connectivity index (χ1v) is 6.16. The van der Waals surface area contributed by atoms with Crippen LogP contribution >= 0.6 is 11.6 Å². The Labute approximate surface area is 101 Å². The minimum absolute atomic E-state index is 0.0742. The largest absolute Gasteiger partial charge is 0.388 e. The van der Waals surface area contributed by atoms with Gasteiger partial charge in [-0.25, -0.2) is 4.39 Å². The molecule has 16 heavy (non-hydrogen) atoms. The van der Waals surface area contributed by atoms with Crippen LogP contribution in [0.2, 0.25) is 5.02 Å². The highest BCUT2D eigenvalue weighted by molar-refractivity contribution is 6.30. The Bertz CT molecular complexity index is 328. The molecule has 1 aromatic rings. The second-order valence-electron chi connectivity index (χ2n) is 4.04. The molecule has 1 N–H and O–H groups in total. The number of hydrogen-bond donors (Lipinski definition) is 1. The van der Waals surface area contributed by atoms with Crippen molar-refractivity contribution in [3.8, 4) is 0 Å². The standard InChI is InChI=1S/C13H18ClFO/c1-2-3-4-5-6-13(16)10-7-8-12(15)11(14)9-10/h7-9,13,16H,2-6H2,1H3. The molecule has 0 aliphatic rings. The number of hydrogen-bond acceptors (Lipinski definition) is 1. The van der Waals surface area contributed by atoms with Crippen LogP contribution in [0.25, 0.3) is 0 Å². The third-order valence-corrected chi connectivity index (χ3v) is 2.95. The molecule has 0 fully saturated rings. The van der Waals surface area contributed by atoms with Gasteiger partial charge in [-0.05, 0) is 24.1 Å². The van der Waals surface area contributed by atoms with Gasteiger partial charge in [-0.3, -0.25) is 0 Å². The molecule has 0 aromatic heterocycles. The molecule has 0 heterocycles. The number of halogens is 2. The lowest BCUT2D eigenvalue weighted by molar-refractivity contribution is 0.163. The Hall–Kier alpha value is -0.600. The van der Waals surface area contributed by atoms with Gasteiger partial charge in [0.15, 0.2) is 0 Å². The van der Waals surface area contributed by atoms with E-state index in [0.29, 0.717) is 12.0 Å². The van der Waals surface area contributed by atoms with Crippen molar-refractivity contribution in [1.82, 2.24) is 0 Å². The number of benzene rings is 1. The number of aliphatic hydroxyl groups excluding tert-OH is 1. The summed E-state index contributed by atoms with van der Waals surface area (Å²) >= 11 is 5.66. The van der Waals surface area contributed by atoms with Crippen molar-refractivity contribution in [2.24, 2.45) is 0 Å². The minimum Gasteiger partial charge on any atom is -0.388 e. The van der Waals surface area contributed by atoms with Gasteiger partial charge in [0.05, 0.1) is 11.1 Å². The van der Waals surface area contributed by atoms with Gasteiger partial charge in [-0.1, -0.05) is 50.3 Å². The van der Waals surface area contributed by atoms with E-state index in [9.17, 15) is 9.50 Å². The summed E-state index contributed by atoms with van der Waals surface area (Å²) in [7, 11) is 0. The lowest BCUT2D eigenvalue weighted by Crippen LogP contribution is -1.98. The highest BCUT2D eigenvalue weighted by Gasteiger charge is 2.09. The molecule has 1 nitrogen and oxygen atoms in total. The molecule has 1 unspecified atom stereocenters. The van der Waals surface area contributed by atoms with Crippen LogP contribution in [0.4, 0.5) is 4.39 Å². The third kappa shape index (κ3) is 4.11. The van der Waals surface area contributed by atoms with E-state index in [1.165, 1.54) is 25.0 Å². The molecule has 0 amide bonds. The second-order valence-corrected chi connectivity index (χ2v) is 4.45. The van der Waals surface area contributed by atoms with Crippen molar-refractivity contribution in [1.29, 1.82) is 0 Å². The normalized spacial score (nSPS) is 12.8. The molecular formula is C13H18ClFO. The maximum absolute atomic E-state index is 12.9. The predicted octanol–water partition coefficient (Wildman–Crippen LogP) is 4.48. The minimum atomic E-state index is -0.532. The van der Waals surface area contributed by atoms with Crippen molar-refractivity contribution in [2.45, 2.75) is 45.1 Å². The van der Waals surface area contributed by atoms with Crippen LogP contribution < -0.4 is 0 Å².